The van der Waals surface area contributed by atoms with Crippen molar-refractivity contribution in [1.29, 1.82) is 0 Å². The fourth-order valence-electron chi connectivity index (χ4n) is 3.82. The van der Waals surface area contributed by atoms with E-state index in [2.05, 4.69) is 9.97 Å². The van der Waals surface area contributed by atoms with Gasteiger partial charge >= 0.3 is 0 Å². The molecule has 3 heterocycles. The van der Waals surface area contributed by atoms with Crippen molar-refractivity contribution in [3.63, 3.8) is 0 Å². The van der Waals surface area contributed by atoms with Crippen LogP contribution in [0.25, 0.3) is 6.08 Å². The molecule has 1 saturated heterocycles. The highest BCUT2D eigenvalue weighted by Gasteiger charge is 2.43. The van der Waals surface area contributed by atoms with Gasteiger partial charge < -0.3 is 4.90 Å². The number of carbonyl (C=O) groups is 1. The third-order valence-electron chi connectivity index (χ3n) is 4.97. The van der Waals surface area contributed by atoms with Crippen molar-refractivity contribution in [3.05, 3.63) is 64.2 Å². The average Bonchev–Trinajstić information content (AvgIpc) is 2.91. The first kappa shape index (κ1) is 15.3. The van der Waals surface area contributed by atoms with Gasteiger partial charge in [-0.25, -0.2) is 9.97 Å². The zero-order chi connectivity index (χ0) is 16.7. The summed E-state index contributed by atoms with van der Waals surface area (Å²) in [6, 6.07) is 7.91. The third kappa shape index (κ3) is 2.51. The molecule has 2 bridgehead atoms. The average molecular weight is 340 g/mol. The monoisotopic (exact) mass is 339 g/mol. The van der Waals surface area contributed by atoms with Crippen LogP contribution in [0.4, 0.5) is 0 Å². The Hall–Kier alpha value is -2.20. The number of hydrogen-bond acceptors (Lipinski definition) is 3. The fraction of sp³-hybridized carbons (Fsp3) is 0.316. The van der Waals surface area contributed by atoms with Crippen LogP contribution in [0.3, 0.4) is 0 Å². The first-order chi connectivity index (χ1) is 11.6. The van der Waals surface area contributed by atoms with Crippen LogP contribution in [0.1, 0.15) is 42.6 Å². The second kappa shape index (κ2) is 6.02. The van der Waals surface area contributed by atoms with Crippen molar-refractivity contribution in [1.82, 2.24) is 14.9 Å². The van der Waals surface area contributed by atoms with E-state index in [9.17, 15) is 4.79 Å². The number of aromatic nitrogens is 2. The molecule has 0 radical (unpaired) electrons. The molecule has 0 spiro atoms. The molecule has 0 aliphatic carbocycles. The van der Waals surface area contributed by atoms with E-state index in [1.165, 1.54) is 0 Å². The van der Waals surface area contributed by atoms with Gasteiger partial charge in [0.15, 0.2) is 0 Å². The van der Waals surface area contributed by atoms with Crippen LogP contribution in [0.15, 0.2) is 42.4 Å². The molecule has 4 nitrogen and oxygen atoms in total. The Labute approximate surface area is 146 Å². The molecule has 4 rings (SSSR count). The molecule has 0 N–H and O–H groups in total. The van der Waals surface area contributed by atoms with E-state index in [1.807, 2.05) is 48.4 Å². The van der Waals surface area contributed by atoms with Gasteiger partial charge in [0.05, 0.1) is 11.7 Å². The van der Waals surface area contributed by atoms with Gasteiger partial charge in [-0.05, 0) is 37.5 Å². The van der Waals surface area contributed by atoms with E-state index in [4.69, 9.17) is 11.6 Å². The van der Waals surface area contributed by atoms with Crippen molar-refractivity contribution in [2.75, 3.05) is 0 Å². The molecule has 2 atom stereocenters. The Bertz CT molecular complexity index is 833. The summed E-state index contributed by atoms with van der Waals surface area (Å²) in [5, 5.41) is 0.657. The quantitative estimate of drug-likeness (QED) is 0.781. The molecule has 5 heteroatoms. The van der Waals surface area contributed by atoms with Crippen LogP contribution in [0.5, 0.6) is 0 Å². The molecule has 2 unspecified atom stereocenters. The molecular weight excluding hydrogens is 322 g/mol. The number of carbonyl (C=O) groups excluding carboxylic acids is 1. The summed E-state index contributed by atoms with van der Waals surface area (Å²) in [5.41, 5.74) is 3.78. The van der Waals surface area contributed by atoms with Crippen LogP contribution < -0.4 is 0 Å². The normalized spacial score (nSPS) is 22.4. The van der Waals surface area contributed by atoms with Crippen molar-refractivity contribution >= 4 is 23.6 Å². The highest BCUT2D eigenvalue weighted by atomic mass is 35.5. The second-order valence-electron chi connectivity index (χ2n) is 6.44. The number of nitrogens with zero attached hydrogens (tertiary/aromatic N) is 3. The van der Waals surface area contributed by atoms with E-state index in [0.717, 1.165) is 36.1 Å². The van der Waals surface area contributed by atoms with Gasteiger partial charge in [-0.1, -0.05) is 29.8 Å². The number of halogens is 1. The summed E-state index contributed by atoms with van der Waals surface area (Å²) in [4.78, 5) is 23.6. The number of benzene rings is 1. The molecule has 1 amide bonds. The lowest BCUT2D eigenvalue weighted by atomic mass is 9.98. The van der Waals surface area contributed by atoms with Gasteiger partial charge in [-0.3, -0.25) is 4.79 Å². The topological polar surface area (TPSA) is 46.1 Å². The molecule has 1 fully saturated rings. The standard InChI is InChI=1S/C19H18ClN3O/c1-12(8-13-4-2-3-5-16(13)20)19(24)23-14-6-7-18(23)15-10-21-11-22-17(15)9-14/h2-5,8,10-11,14,18H,6-7,9H2,1H3. The largest absolute Gasteiger partial charge is 0.328 e. The molecule has 24 heavy (non-hydrogen) atoms. The van der Waals surface area contributed by atoms with Crippen LogP contribution in [-0.2, 0) is 11.2 Å². The maximum absolute atomic E-state index is 13.1. The maximum atomic E-state index is 13.1. The third-order valence-corrected chi connectivity index (χ3v) is 5.31. The molecule has 0 saturated carbocycles. The first-order valence-electron chi connectivity index (χ1n) is 8.19. The molecule has 122 valence electrons. The highest BCUT2D eigenvalue weighted by molar-refractivity contribution is 6.32. The van der Waals surface area contributed by atoms with Gasteiger partial charge in [0.2, 0.25) is 5.91 Å². The van der Waals surface area contributed by atoms with Gasteiger partial charge in [0.25, 0.3) is 0 Å². The molecule has 1 aromatic heterocycles. The molecule has 2 aliphatic rings. The van der Waals surface area contributed by atoms with Gasteiger partial charge in [0.1, 0.15) is 6.33 Å². The SMILES string of the molecule is CC(=Cc1ccccc1Cl)C(=O)N1C2CCC1c1cncnc1C2. The number of hydrogen-bond donors (Lipinski definition) is 0. The maximum Gasteiger partial charge on any atom is 0.250 e. The summed E-state index contributed by atoms with van der Waals surface area (Å²) in [5.74, 6) is 0.0805. The Morgan fingerprint density at radius 3 is 3.00 bits per heavy atom. The number of amides is 1. The fourth-order valence-corrected chi connectivity index (χ4v) is 4.01. The Kier molecular flexibility index (Phi) is 3.85. The lowest BCUT2D eigenvalue weighted by molar-refractivity contribution is -0.130. The zero-order valence-corrected chi connectivity index (χ0v) is 14.2. The Morgan fingerprint density at radius 2 is 2.17 bits per heavy atom. The van der Waals surface area contributed by atoms with Gasteiger partial charge in [-0.2, -0.15) is 0 Å². The first-order valence-corrected chi connectivity index (χ1v) is 8.57. The van der Waals surface area contributed by atoms with E-state index in [0.29, 0.717) is 10.6 Å². The minimum Gasteiger partial charge on any atom is -0.328 e. The lowest BCUT2D eigenvalue weighted by Crippen LogP contribution is -2.42. The van der Waals surface area contributed by atoms with Crippen molar-refractivity contribution < 1.29 is 4.79 Å². The van der Waals surface area contributed by atoms with Gasteiger partial charge in [-0.15, -0.1) is 0 Å². The van der Waals surface area contributed by atoms with Crippen LogP contribution in [-0.4, -0.2) is 26.8 Å². The Morgan fingerprint density at radius 1 is 1.33 bits per heavy atom. The summed E-state index contributed by atoms with van der Waals surface area (Å²) < 4.78 is 0. The molecule has 1 aromatic carbocycles. The summed E-state index contributed by atoms with van der Waals surface area (Å²) in [7, 11) is 0. The van der Waals surface area contributed by atoms with Crippen LogP contribution in [0.2, 0.25) is 5.02 Å². The minimum absolute atomic E-state index is 0.0805. The van der Waals surface area contributed by atoms with Gasteiger partial charge in [0, 0.05) is 34.8 Å². The summed E-state index contributed by atoms with van der Waals surface area (Å²) in [6.07, 6.45) is 8.16. The van der Waals surface area contributed by atoms with Crippen molar-refractivity contribution in [2.45, 2.75) is 38.3 Å². The molecular formula is C19H18ClN3O. The Balaban J connectivity index is 1.65. The highest BCUT2D eigenvalue weighted by Crippen LogP contribution is 2.43. The van der Waals surface area contributed by atoms with Crippen molar-refractivity contribution in [2.24, 2.45) is 0 Å². The van der Waals surface area contributed by atoms with E-state index < -0.39 is 0 Å². The smallest absolute Gasteiger partial charge is 0.250 e. The predicted molar refractivity (Wildman–Crippen MR) is 93.4 cm³/mol. The zero-order valence-electron chi connectivity index (χ0n) is 13.4. The van der Waals surface area contributed by atoms with E-state index >= 15 is 0 Å². The van der Waals surface area contributed by atoms with E-state index in [-0.39, 0.29) is 18.0 Å². The van der Waals surface area contributed by atoms with Crippen molar-refractivity contribution in [3.8, 4) is 0 Å². The summed E-state index contributed by atoms with van der Waals surface area (Å²) in [6.45, 7) is 1.86. The molecule has 2 aliphatic heterocycles. The minimum atomic E-state index is 0.0805. The van der Waals surface area contributed by atoms with Crippen LogP contribution in [0, 0.1) is 0 Å². The molecule has 2 aromatic rings. The van der Waals surface area contributed by atoms with Crippen LogP contribution >= 0.6 is 11.6 Å². The lowest BCUT2D eigenvalue weighted by Gasteiger charge is -2.35. The summed E-state index contributed by atoms with van der Waals surface area (Å²) >= 11 is 6.21. The van der Waals surface area contributed by atoms with E-state index in [1.54, 1.807) is 6.33 Å². The number of fused-ring (bicyclic) bond motifs is 4. The number of rotatable bonds is 2. The predicted octanol–water partition coefficient (Wildman–Crippen LogP) is 3.82. The second-order valence-corrected chi connectivity index (χ2v) is 6.84.